The lowest BCUT2D eigenvalue weighted by Crippen LogP contribution is -2.49. The minimum atomic E-state index is -3.06. The van der Waals surface area contributed by atoms with Crippen LogP contribution in [0.25, 0.3) is 0 Å². The molecule has 2 N–H and O–H groups in total. The van der Waals surface area contributed by atoms with Crippen LogP contribution in [-0.4, -0.2) is 48.3 Å². The van der Waals surface area contributed by atoms with Gasteiger partial charge in [0.1, 0.15) is 0 Å². The standard InChI is InChI=1S/C12H22N4O2S/c1-9-8-16(19(3,17)18)5-4-12(9)13-6-11-7-14-15-10(11)2/h7,9,12-13H,4-6,8H2,1-3H3,(H,14,15)/t9-,12-/m0/s1. The van der Waals surface area contributed by atoms with Gasteiger partial charge in [-0.1, -0.05) is 6.92 Å². The molecule has 1 aliphatic heterocycles. The summed E-state index contributed by atoms with van der Waals surface area (Å²) in [5.74, 6) is 0.315. The van der Waals surface area contributed by atoms with E-state index in [1.54, 1.807) is 4.31 Å². The topological polar surface area (TPSA) is 78.1 Å². The molecule has 1 saturated heterocycles. The Morgan fingerprint density at radius 1 is 1.58 bits per heavy atom. The molecular formula is C12H22N4O2S. The molecule has 0 aromatic carbocycles. The minimum Gasteiger partial charge on any atom is -0.309 e. The van der Waals surface area contributed by atoms with Gasteiger partial charge < -0.3 is 5.32 Å². The average molecular weight is 286 g/mol. The quantitative estimate of drug-likeness (QED) is 0.844. The molecule has 6 nitrogen and oxygen atoms in total. The molecule has 19 heavy (non-hydrogen) atoms. The lowest BCUT2D eigenvalue weighted by Gasteiger charge is -2.36. The lowest BCUT2D eigenvalue weighted by atomic mass is 9.95. The van der Waals surface area contributed by atoms with Crippen LogP contribution >= 0.6 is 0 Å². The van der Waals surface area contributed by atoms with Crippen molar-refractivity contribution in [2.24, 2.45) is 5.92 Å². The van der Waals surface area contributed by atoms with Crippen molar-refractivity contribution >= 4 is 10.0 Å². The Bertz CT molecular complexity index is 526. The van der Waals surface area contributed by atoms with E-state index in [0.717, 1.165) is 24.2 Å². The van der Waals surface area contributed by atoms with Crippen molar-refractivity contribution in [2.75, 3.05) is 19.3 Å². The number of piperidine rings is 1. The van der Waals surface area contributed by atoms with E-state index in [9.17, 15) is 8.42 Å². The second-order valence-electron chi connectivity index (χ2n) is 5.39. The smallest absolute Gasteiger partial charge is 0.211 e. The predicted molar refractivity (Wildman–Crippen MR) is 74.2 cm³/mol. The molecule has 0 aliphatic carbocycles. The van der Waals surface area contributed by atoms with E-state index in [1.165, 1.54) is 6.26 Å². The summed E-state index contributed by atoms with van der Waals surface area (Å²) in [6.45, 7) is 6.07. The lowest BCUT2D eigenvalue weighted by molar-refractivity contribution is 0.220. The molecule has 2 heterocycles. The van der Waals surface area contributed by atoms with Crippen LogP contribution in [0.3, 0.4) is 0 Å². The first-order valence-electron chi connectivity index (χ1n) is 6.55. The highest BCUT2D eigenvalue weighted by Gasteiger charge is 2.30. The first-order valence-corrected chi connectivity index (χ1v) is 8.40. The zero-order valence-corrected chi connectivity index (χ0v) is 12.5. The van der Waals surface area contributed by atoms with Crippen molar-refractivity contribution in [3.05, 3.63) is 17.5 Å². The van der Waals surface area contributed by atoms with Gasteiger partial charge in [0.15, 0.2) is 0 Å². The van der Waals surface area contributed by atoms with E-state index < -0.39 is 10.0 Å². The van der Waals surface area contributed by atoms with Crippen LogP contribution in [0.5, 0.6) is 0 Å². The van der Waals surface area contributed by atoms with Crippen molar-refractivity contribution in [3.63, 3.8) is 0 Å². The molecule has 0 spiro atoms. The molecule has 1 aromatic heterocycles. The summed E-state index contributed by atoms with van der Waals surface area (Å²) < 4.78 is 24.6. The normalized spacial score (nSPS) is 25.6. The SMILES string of the molecule is Cc1[nH]ncc1CN[C@H]1CCN(S(C)(=O)=O)C[C@@H]1C. The number of hydrogen-bond donors (Lipinski definition) is 2. The van der Waals surface area contributed by atoms with E-state index in [0.29, 0.717) is 25.0 Å². The second-order valence-corrected chi connectivity index (χ2v) is 7.38. The van der Waals surface area contributed by atoms with E-state index in [-0.39, 0.29) is 0 Å². The van der Waals surface area contributed by atoms with Gasteiger partial charge in [0.05, 0.1) is 12.5 Å². The number of aromatic amines is 1. The molecule has 108 valence electrons. The molecule has 1 aromatic rings. The maximum Gasteiger partial charge on any atom is 0.211 e. The van der Waals surface area contributed by atoms with E-state index >= 15 is 0 Å². The monoisotopic (exact) mass is 286 g/mol. The summed E-state index contributed by atoms with van der Waals surface area (Å²) in [5, 5.41) is 10.4. The zero-order valence-electron chi connectivity index (χ0n) is 11.7. The molecule has 0 unspecified atom stereocenters. The Balaban J connectivity index is 1.89. The molecular weight excluding hydrogens is 264 g/mol. The fourth-order valence-electron chi connectivity index (χ4n) is 2.51. The van der Waals surface area contributed by atoms with Gasteiger partial charge in [-0.25, -0.2) is 12.7 Å². The Kier molecular flexibility index (Phi) is 4.27. The van der Waals surface area contributed by atoms with Crippen LogP contribution < -0.4 is 5.32 Å². The molecule has 0 saturated carbocycles. The number of aryl methyl sites for hydroxylation is 1. The first kappa shape index (κ1) is 14.5. The summed E-state index contributed by atoms with van der Waals surface area (Å²) in [6.07, 6.45) is 3.96. The molecule has 2 rings (SSSR count). The van der Waals surface area contributed by atoms with E-state index in [4.69, 9.17) is 0 Å². The van der Waals surface area contributed by atoms with Crippen LogP contribution in [0.1, 0.15) is 24.6 Å². The largest absolute Gasteiger partial charge is 0.309 e. The zero-order chi connectivity index (χ0) is 14.0. The third-order valence-electron chi connectivity index (χ3n) is 3.83. The van der Waals surface area contributed by atoms with Crippen molar-refractivity contribution in [2.45, 2.75) is 32.9 Å². The minimum absolute atomic E-state index is 0.315. The van der Waals surface area contributed by atoms with Crippen molar-refractivity contribution < 1.29 is 8.42 Å². The Morgan fingerprint density at radius 3 is 2.84 bits per heavy atom. The van der Waals surface area contributed by atoms with Gasteiger partial charge in [0, 0.05) is 36.9 Å². The molecule has 1 aliphatic rings. The predicted octanol–water partition coefficient (Wildman–Crippen LogP) is 0.478. The van der Waals surface area contributed by atoms with Gasteiger partial charge in [-0.3, -0.25) is 5.10 Å². The highest BCUT2D eigenvalue weighted by molar-refractivity contribution is 7.88. The number of H-pyrrole nitrogens is 1. The van der Waals surface area contributed by atoms with Crippen molar-refractivity contribution in [1.82, 2.24) is 19.8 Å². The molecule has 2 atom stereocenters. The van der Waals surface area contributed by atoms with Gasteiger partial charge in [-0.15, -0.1) is 0 Å². The second kappa shape index (κ2) is 5.60. The van der Waals surface area contributed by atoms with E-state index in [1.807, 2.05) is 13.1 Å². The third kappa shape index (κ3) is 3.55. The molecule has 1 fully saturated rings. The number of sulfonamides is 1. The summed E-state index contributed by atoms with van der Waals surface area (Å²) in [4.78, 5) is 0. The van der Waals surface area contributed by atoms with Crippen LogP contribution in [0.15, 0.2) is 6.20 Å². The number of hydrogen-bond acceptors (Lipinski definition) is 4. The van der Waals surface area contributed by atoms with Crippen LogP contribution in [-0.2, 0) is 16.6 Å². The summed E-state index contributed by atoms with van der Waals surface area (Å²) in [6, 6.07) is 0.354. The molecule has 0 bridgehead atoms. The maximum absolute atomic E-state index is 11.5. The highest BCUT2D eigenvalue weighted by atomic mass is 32.2. The molecule has 0 radical (unpaired) electrons. The summed E-state index contributed by atoms with van der Waals surface area (Å²) in [5.41, 5.74) is 2.24. The molecule has 0 amide bonds. The van der Waals surface area contributed by atoms with Crippen LogP contribution in [0.4, 0.5) is 0 Å². The number of aromatic nitrogens is 2. The Labute approximate surface area is 114 Å². The van der Waals surface area contributed by atoms with Crippen molar-refractivity contribution in [3.8, 4) is 0 Å². The van der Waals surface area contributed by atoms with Crippen LogP contribution in [0, 0.1) is 12.8 Å². The van der Waals surface area contributed by atoms with Gasteiger partial charge >= 0.3 is 0 Å². The Hall–Kier alpha value is -0.920. The maximum atomic E-state index is 11.5. The highest BCUT2D eigenvalue weighted by Crippen LogP contribution is 2.19. The third-order valence-corrected chi connectivity index (χ3v) is 5.10. The average Bonchev–Trinajstić information content (AvgIpc) is 2.72. The van der Waals surface area contributed by atoms with Gasteiger partial charge in [0.2, 0.25) is 10.0 Å². The molecule has 7 heteroatoms. The summed E-state index contributed by atoms with van der Waals surface area (Å²) in [7, 11) is -3.06. The number of nitrogens with zero attached hydrogens (tertiary/aromatic N) is 2. The Morgan fingerprint density at radius 2 is 2.32 bits per heavy atom. The fourth-order valence-corrected chi connectivity index (χ4v) is 3.45. The van der Waals surface area contributed by atoms with Gasteiger partial charge in [-0.05, 0) is 19.3 Å². The number of nitrogens with one attached hydrogen (secondary N) is 2. The van der Waals surface area contributed by atoms with Crippen LogP contribution in [0.2, 0.25) is 0 Å². The van der Waals surface area contributed by atoms with Gasteiger partial charge in [0.25, 0.3) is 0 Å². The fraction of sp³-hybridized carbons (Fsp3) is 0.750. The van der Waals surface area contributed by atoms with Crippen molar-refractivity contribution in [1.29, 1.82) is 0 Å². The first-order chi connectivity index (χ1) is 8.88. The summed E-state index contributed by atoms with van der Waals surface area (Å²) >= 11 is 0. The van der Waals surface area contributed by atoms with E-state index in [2.05, 4.69) is 22.4 Å². The number of rotatable bonds is 4. The van der Waals surface area contributed by atoms with Gasteiger partial charge in [-0.2, -0.15) is 5.10 Å².